The van der Waals surface area contributed by atoms with E-state index in [1.54, 1.807) is 6.92 Å². The third-order valence-corrected chi connectivity index (χ3v) is 3.50. The Bertz CT molecular complexity index is 461. The fraction of sp³-hybridized carbons (Fsp3) is 0.500. The van der Waals surface area contributed by atoms with Crippen molar-refractivity contribution >= 4 is 11.4 Å². The van der Waals surface area contributed by atoms with E-state index in [-0.39, 0.29) is 0 Å². The zero-order valence-electron chi connectivity index (χ0n) is 11.1. The molecule has 0 saturated carbocycles. The second-order valence-electron chi connectivity index (χ2n) is 5.18. The summed E-state index contributed by atoms with van der Waals surface area (Å²) in [5.74, 6) is 0. The molecule has 18 heavy (non-hydrogen) atoms. The fourth-order valence-corrected chi connectivity index (χ4v) is 2.22. The Labute approximate surface area is 109 Å². The molecule has 1 unspecified atom stereocenters. The van der Waals surface area contributed by atoms with Gasteiger partial charge in [0.25, 0.3) is 0 Å². The van der Waals surface area contributed by atoms with Gasteiger partial charge in [0.2, 0.25) is 0 Å². The molecule has 1 atom stereocenters. The highest BCUT2D eigenvalue weighted by molar-refractivity contribution is 5.73. The van der Waals surface area contributed by atoms with Gasteiger partial charge in [0, 0.05) is 26.7 Å². The molecule has 1 aliphatic heterocycles. The second kappa shape index (κ2) is 4.87. The molecule has 0 spiro atoms. The zero-order chi connectivity index (χ0) is 13.2. The molecule has 2 rings (SSSR count). The van der Waals surface area contributed by atoms with Gasteiger partial charge in [-0.15, -0.1) is 0 Å². The molecule has 2 N–H and O–H groups in total. The fourth-order valence-electron chi connectivity index (χ4n) is 2.22. The molecule has 0 aromatic heterocycles. The topological polar surface area (TPSA) is 56.3 Å². The first-order valence-corrected chi connectivity index (χ1v) is 6.29. The quantitative estimate of drug-likeness (QED) is 0.877. The smallest absolute Gasteiger partial charge is 0.103 e. The van der Waals surface area contributed by atoms with Crippen molar-refractivity contribution in [3.05, 3.63) is 24.3 Å². The molecule has 0 fully saturated rings. The monoisotopic (exact) mass is 244 g/mol. The van der Waals surface area contributed by atoms with E-state index in [0.717, 1.165) is 19.6 Å². The number of nitriles is 1. The number of hydrogen-bond donors (Lipinski definition) is 1. The first-order chi connectivity index (χ1) is 8.53. The number of benzene rings is 1. The van der Waals surface area contributed by atoms with Crippen molar-refractivity contribution in [3.8, 4) is 6.07 Å². The highest BCUT2D eigenvalue weighted by Gasteiger charge is 2.23. The summed E-state index contributed by atoms with van der Waals surface area (Å²) in [6, 6.07) is 10.5. The van der Waals surface area contributed by atoms with Gasteiger partial charge in [-0.05, 0) is 25.5 Å². The van der Waals surface area contributed by atoms with Crippen molar-refractivity contribution < 1.29 is 0 Å². The summed E-state index contributed by atoms with van der Waals surface area (Å²) in [4.78, 5) is 4.58. The van der Waals surface area contributed by atoms with Crippen LogP contribution in [0.4, 0.5) is 11.4 Å². The predicted octanol–water partition coefficient (Wildman–Crippen LogP) is 1.57. The van der Waals surface area contributed by atoms with Crippen LogP contribution >= 0.6 is 0 Å². The van der Waals surface area contributed by atoms with Crippen LogP contribution in [0, 0.1) is 11.3 Å². The lowest BCUT2D eigenvalue weighted by Crippen LogP contribution is -2.43. The van der Waals surface area contributed by atoms with E-state index < -0.39 is 5.54 Å². The molecule has 0 amide bonds. The Morgan fingerprint density at radius 2 is 2.00 bits per heavy atom. The first-order valence-electron chi connectivity index (χ1n) is 6.29. The second-order valence-corrected chi connectivity index (χ2v) is 5.18. The van der Waals surface area contributed by atoms with Gasteiger partial charge in [0.05, 0.1) is 17.4 Å². The van der Waals surface area contributed by atoms with Crippen molar-refractivity contribution in [2.24, 2.45) is 5.73 Å². The summed E-state index contributed by atoms with van der Waals surface area (Å²) < 4.78 is 0. The molecule has 0 radical (unpaired) electrons. The van der Waals surface area contributed by atoms with Crippen LogP contribution < -0.4 is 15.5 Å². The standard InChI is InChI=1S/C14H20N4/c1-14(16,11-15)7-8-18-10-9-17(2)12-5-3-4-6-13(12)18/h3-6H,7-10,16H2,1-2H3. The van der Waals surface area contributed by atoms with Crippen LogP contribution in [0.2, 0.25) is 0 Å². The van der Waals surface area contributed by atoms with Gasteiger partial charge in [-0.2, -0.15) is 5.26 Å². The van der Waals surface area contributed by atoms with E-state index in [4.69, 9.17) is 11.0 Å². The van der Waals surface area contributed by atoms with Crippen molar-refractivity contribution in [1.82, 2.24) is 0 Å². The predicted molar refractivity (Wildman–Crippen MR) is 74.7 cm³/mol. The van der Waals surface area contributed by atoms with Crippen molar-refractivity contribution in [2.45, 2.75) is 18.9 Å². The van der Waals surface area contributed by atoms with Gasteiger partial charge < -0.3 is 15.5 Å². The molecule has 0 saturated heterocycles. The van der Waals surface area contributed by atoms with Crippen LogP contribution in [-0.2, 0) is 0 Å². The molecular weight excluding hydrogens is 224 g/mol. The average Bonchev–Trinajstić information content (AvgIpc) is 2.38. The number of nitrogens with two attached hydrogens (primary N) is 1. The van der Waals surface area contributed by atoms with E-state index in [9.17, 15) is 0 Å². The highest BCUT2D eigenvalue weighted by atomic mass is 15.2. The van der Waals surface area contributed by atoms with E-state index in [1.165, 1.54) is 11.4 Å². The summed E-state index contributed by atoms with van der Waals surface area (Å²) in [6.45, 7) is 4.60. The lowest BCUT2D eigenvalue weighted by atomic mass is 10.0. The lowest BCUT2D eigenvalue weighted by Gasteiger charge is -2.37. The summed E-state index contributed by atoms with van der Waals surface area (Å²) in [5.41, 5.74) is 7.63. The number of hydrogen-bond acceptors (Lipinski definition) is 4. The minimum Gasteiger partial charge on any atom is -0.371 e. The van der Waals surface area contributed by atoms with Crippen LogP contribution in [0.15, 0.2) is 24.3 Å². The number of para-hydroxylation sites is 2. The number of fused-ring (bicyclic) bond motifs is 1. The van der Waals surface area contributed by atoms with Crippen LogP contribution in [0.5, 0.6) is 0 Å². The number of rotatable bonds is 3. The summed E-state index contributed by atoms with van der Waals surface area (Å²) in [7, 11) is 2.11. The Balaban J connectivity index is 2.13. The van der Waals surface area contributed by atoms with Gasteiger partial charge in [0.15, 0.2) is 0 Å². The van der Waals surface area contributed by atoms with Crippen LogP contribution in [0.3, 0.4) is 0 Å². The molecule has 4 heteroatoms. The van der Waals surface area contributed by atoms with Crippen molar-refractivity contribution in [1.29, 1.82) is 5.26 Å². The molecule has 0 aliphatic carbocycles. The van der Waals surface area contributed by atoms with E-state index in [0.29, 0.717) is 6.42 Å². The molecule has 1 aromatic rings. The molecular formula is C14H20N4. The van der Waals surface area contributed by atoms with Crippen LogP contribution in [0.1, 0.15) is 13.3 Å². The number of nitrogens with zero attached hydrogens (tertiary/aromatic N) is 3. The van der Waals surface area contributed by atoms with E-state index in [1.807, 2.05) is 0 Å². The Kier molecular flexibility index (Phi) is 3.44. The van der Waals surface area contributed by atoms with E-state index >= 15 is 0 Å². The van der Waals surface area contributed by atoms with Gasteiger partial charge in [-0.1, -0.05) is 12.1 Å². The third-order valence-electron chi connectivity index (χ3n) is 3.50. The minimum absolute atomic E-state index is 0.682. The molecule has 4 nitrogen and oxygen atoms in total. The molecule has 1 aliphatic rings. The van der Waals surface area contributed by atoms with Gasteiger partial charge in [0.1, 0.15) is 5.54 Å². The maximum absolute atomic E-state index is 8.96. The molecule has 1 heterocycles. The number of anilines is 2. The zero-order valence-corrected chi connectivity index (χ0v) is 11.1. The van der Waals surface area contributed by atoms with Crippen molar-refractivity contribution in [3.63, 3.8) is 0 Å². The van der Waals surface area contributed by atoms with Crippen molar-refractivity contribution in [2.75, 3.05) is 36.5 Å². The maximum Gasteiger partial charge on any atom is 0.103 e. The molecule has 0 bridgehead atoms. The largest absolute Gasteiger partial charge is 0.371 e. The van der Waals surface area contributed by atoms with Crippen LogP contribution in [0.25, 0.3) is 0 Å². The first kappa shape index (κ1) is 12.7. The summed E-state index contributed by atoms with van der Waals surface area (Å²) >= 11 is 0. The van der Waals surface area contributed by atoms with Gasteiger partial charge in [-0.3, -0.25) is 0 Å². The average molecular weight is 244 g/mol. The van der Waals surface area contributed by atoms with Gasteiger partial charge >= 0.3 is 0 Å². The Hall–Kier alpha value is -1.73. The molecule has 1 aromatic carbocycles. The van der Waals surface area contributed by atoms with Gasteiger partial charge in [-0.25, -0.2) is 0 Å². The van der Waals surface area contributed by atoms with Crippen LogP contribution in [-0.4, -0.2) is 32.2 Å². The SMILES string of the molecule is CN1CCN(CCC(C)(N)C#N)c2ccccc21. The maximum atomic E-state index is 8.96. The number of likely N-dealkylation sites (N-methyl/N-ethyl adjacent to an activating group) is 1. The normalized spacial score (nSPS) is 17.9. The molecule has 96 valence electrons. The Morgan fingerprint density at radius 1 is 1.33 bits per heavy atom. The lowest BCUT2D eigenvalue weighted by molar-refractivity contribution is 0.535. The highest BCUT2D eigenvalue weighted by Crippen LogP contribution is 2.31. The summed E-state index contributed by atoms with van der Waals surface area (Å²) in [5, 5.41) is 8.96. The van der Waals surface area contributed by atoms with E-state index in [2.05, 4.69) is 47.2 Å². The summed E-state index contributed by atoms with van der Waals surface area (Å²) in [6.07, 6.45) is 0.682. The Morgan fingerprint density at radius 3 is 2.67 bits per heavy atom. The third kappa shape index (κ3) is 2.57. The minimum atomic E-state index is -0.738.